The first-order chi connectivity index (χ1) is 15.5. The molecule has 0 fully saturated rings. The molecule has 3 aromatic rings. The number of carbonyl (C=O) groups is 2. The SMILES string of the molecule is CCOC(=O)N=[S-](=O)c1ccc(Nc2ncc(-c3cccs3)c(OCCC(=O)O)n2)cc1. The quantitative estimate of drug-likeness (QED) is 0.429. The number of aromatic nitrogens is 2. The van der Waals surface area contributed by atoms with E-state index in [9.17, 15) is 13.8 Å². The number of ether oxygens (including phenoxy) is 2. The maximum atomic E-state index is 12.1. The molecular formula is C20H19N4O6S2-. The first-order valence-corrected chi connectivity index (χ1v) is 11.4. The molecule has 2 aromatic heterocycles. The summed E-state index contributed by atoms with van der Waals surface area (Å²) in [5, 5.41) is 13.8. The number of nitrogens with one attached hydrogen (secondary N) is 1. The van der Waals surface area contributed by atoms with Crippen LogP contribution in [0.5, 0.6) is 5.88 Å². The van der Waals surface area contributed by atoms with Crippen LogP contribution in [-0.2, 0) is 24.3 Å². The summed E-state index contributed by atoms with van der Waals surface area (Å²) >= 11 is 1.48. The molecule has 2 heterocycles. The second-order valence-electron chi connectivity index (χ2n) is 6.07. The van der Waals surface area contributed by atoms with E-state index in [2.05, 4.69) is 24.4 Å². The van der Waals surface area contributed by atoms with Gasteiger partial charge in [0.15, 0.2) is 0 Å². The van der Waals surface area contributed by atoms with E-state index in [0.29, 0.717) is 16.1 Å². The van der Waals surface area contributed by atoms with Gasteiger partial charge < -0.3 is 24.1 Å². The molecule has 10 nitrogen and oxygen atoms in total. The Labute approximate surface area is 189 Å². The van der Waals surface area contributed by atoms with Gasteiger partial charge in [0.1, 0.15) is 6.61 Å². The maximum absolute atomic E-state index is 12.1. The zero-order valence-electron chi connectivity index (χ0n) is 16.9. The molecular weight excluding hydrogens is 456 g/mol. The van der Waals surface area contributed by atoms with Gasteiger partial charge in [0.05, 0.1) is 18.6 Å². The molecule has 0 saturated carbocycles. The van der Waals surface area contributed by atoms with Crippen molar-refractivity contribution in [3.63, 3.8) is 0 Å². The van der Waals surface area contributed by atoms with Crippen LogP contribution in [0.2, 0.25) is 0 Å². The zero-order valence-corrected chi connectivity index (χ0v) is 18.5. The molecule has 12 heteroatoms. The number of rotatable bonds is 9. The van der Waals surface area contributed by atoms with E-state index in [-0.39, 0.29) is 31.5 Å². The standard InChI is InChI=1S/C20H19N4O6S2/c1-2-29-20(27)24-32(28)14-7-5-13(6-8-14)22-19-21-12-15(16-4-3-11-31-16)18(23-19)30-10-9-17(25)26/h3-8,11-12H,2,9-10H2,1H3,(H,25,26)(H,21,22,23)/q-1. The minimum absolute atomic E-state index is 0.0331. The fourth-order valence-corrected chi connectivity index (χ4v) is 3.82. The van der Waals surface area contributed by atoms with Crippen LogP contribution in [0.25, 0.3) is 10.4 Å². The molecule has 1 aromatic carbocycles. The predicted molar refractivity (Wildman–Crippen MR) is 119 cm³/mol. The molecule has 0 saturated heterocycles. The Morgan fingerprint density at radius 2 is 2.03 bits per heavy atom. The highest BCUT2D eigenvalue weighted by Crippen LogP contribution is 2.32. The molecule has 0 bridgehead atoms. The van der Waals surface area contributed by atoms with Crippen molar-refractivity contribution in [3.05, 3.63) is 48.0 Å². The minimum atomic E-state index is -1.88. The number of amides is 1. The third-order valence-corrected chi connectivity index (χ3v) is 5.73. The fraction of sp³-hybridized carbons (Fsp3) is 0.200. The van der Waals surface area contributed by atoms with E-state index in [1.54, 1.807) is 37.4 Å². The molecule has 32 heavy (non-hydrogen) atoms. The van der Waals surface area contributed by atoms with Crippen LogP contribution >= 0.6 is 11.3 Å². The van der Waals surface area contributed by atoms with Crippen molar-refractivity contribution in [2.75, 3.05) is 18.5 Å². The molecule has 3 rings (SSSR count). The first kappa shape index (κ1) is 23.2. The number of anilines is 2. The molecule has 1 amide bonds. The average Bonchev–Trinajstić information content (AvgIpc) is 3.29. The number of hydrogen-bond acceptors (Lipinski definition) is 10. The molecule has 0 aliphatic heterocycles. The van der Waals surface area contributed by atoms with Crippen LogP contribution < -0.4 is 10.1 Å². The number of hydrogen-bond donors (Lipinski definition) is 2. The van der Waals surface area contributed by atoms with Gasteiger partial charge in [-0.1, -0.05) is 23.1 Å². The van der Waals surface area contributed by atoms with E-state index >= 15 is 0 Å². The number of nitrogens with zero attached hydrogens (tertiary/aromatic N) is 3. The van der Waals surface area contributed by atoms with E-state index < -0.39 is 22.7 Å². The molecule has 0 unspecified atom stereocenters. The highest BCUT2D eigenvalue weighted by atomic mass is 32.2. The number of aliphatic carboxylic acids is 1. The van der Waals surface area contributed by atoms with Crippen LogP contribution in [-0.4, -0.2) is 40.4 Å². The molecule has 2 N–H and O–H groups in total. The Hall–Kier alpha value is -3.51. The van der Waals surface area contributed by atoms with Crippen molar-refractivity contribution in [3.8, 4) is 16.3 Å². The largest absolute Gasteiger partial charge is 0.481 e. The Kier molecular flexibility index (Phi) is 8.11. The zero-order chi connectivity index (χ0) is 22.9. The van der Waals surface area contributed by atoms with Gasteiger partial charge >= 0.3 is 12.1 Å². The van der Waals surface area contributed by atoms with Crippen molar-refractivity contribution in [2.45, 2.75) is 18.2 Å². The molecule has 0 atom stereocenters. The average molecular weight is 476 g/mol. The lowest BCUT2D eigenvalue weighted by molar-refractivity contribution is -0.137. The van der Waals surface area contributed by atoms with Gasteiger partial charge in [-0.25, -0.2) is 9.78 Å². The van der Waals surface area contributed by atoms with Gasteiger partial charge in [-0.3, -0.25) is 9.16 Å². The van der Waals surface area contributed by atoms with Crippen LogP contribution in [0.15, 0.2) is 57.2 Å². The van der Waals surface area contributed by atoms with Crippen molar-refractivity contribution < 1.29 is 28.4 Å². The van der Waals surface area contributed by atoms with E-state index in [1.807, 2.05) is 17.5 Å². The molecule has 168 valence electrons. The normalized spacial score (nSPS) is 11.7. The Balaban J connectivity index is 1.77. The van der Waals surface area contributed by atoms with Gasteiger partial charge in [0.25, 0.3) is 0 Å². The van der Waals surface area contributed by atoms with Crippen LogP contribution in [0.1, 0.15) is 13.3 Å². The van der Waals surface area contributed by atoms with Crippen molar-refractivity contribution >= 4 is 45.6 Å². The highest BCUT2D eigenvalue weighted by molar-refractivity contribution is 7.75. The first-order valence-electron chi connectivity index (χ1n) is 9.39. The topological polar surface area (TPSA) is 140 Å². The number of benzene rings is 1. The highest BCUT2D eigenvalue weighted by Gasteiger charge is 2.13. The summed E-state index contributed by atoms with van der Waals surface area (Å²) in [7, 11) is -1.88. The van der Waals surface area contributed by atoms with Crippen LogP contribution in [0.3, 0.4) is 0 Å². The van der Waals surface area contributed by atoms with Crippen LogP contribution in [0, 0.1) is 0 Å². The second-order valence-corrected chi connectivity index (χ2v) is 8.17. The summed E-state index contributed by atoms with van der Waals surface area (Å²) in [5.74, 6) is -0.472. The summed E-state index contributed by atoms with van der Waals surface area (Å²) in [5.41, 5.74) is 1.25. The number of thiophene rings is 1. The minimum Gasteiger partial charge on any atom is -0.481 e. The van der Waals surface area contributed by atoms with Crippen molar-refractivity contribution in [2.24, 2.45) is 4.36 Å². The lowest BCUT2D eigenvalue weighted by Crippen LogP contribution is -2.08. The maximum Gasteiger partial charge on any atom is 0.410 e. The predicted octanol–water partition coefficient (Wildman–Crippen LogP) is 4.47. The summed E-state index contributed by atoms with van der Waals surface area (Å²) < 4.78 is 25.8. The van der Waals surface area contributed by atoms with E-state index in [4.69, 9.17) is 9.84 Å². The van der Waals surface area contributed by atoms with E-state index in [1.165, 1.54) is 11.3 Å². The third kappa shape index (κ3) is 6.49. The Bertz CT molecular complexity index is 1160. The van der Waals surface area contributed by atoms with Crippen LogP contribution in [0.4, 0.5) is 16.4 Å². The van der Waals surface area contributed by atoms with Gasteiger partial charge in [-0.2, -0.15) is 4.98 Å². The number of carboxylic acids is 1. The van der Waals surface area contributed by atoms with E-state index in [0.717, 1.165) is 4.88 Å². The Morgan fingerprint density at radius 1 is 1.25 bits per heavy atom. The summed E-state index contributed by atoms with van der Waals surface area (Å²) in [6, 6.07) is 10.1. The van der Waals surface area contributed by atoms with Crippen molar-refractivity contribution in [1.82, 2.24) is 9.97 Å². The lowest BCUT2D eigenvalue weighted by Gasteiger charge is -2.12. The van der Waals surface area contributed by atoms with Gasteiger partial charge in [-0.05, 0) is 30.5 Å². The smallest absolute Gasteiger partial charge is 0.410 e. The fourth-order valence-electron chi connectivity index (χ4n) is 2.43. The van der Waals surface area contributed by atoms with Gasteiger partial charge in [-0.15, -0.1) is 21.9 Å². The van der Waals surface area contributed by atoms with Gasteiger partial charge in [0, 0.05) is 16.8 Å². The summed E-state index contributed by atoms with van der Waals surface area (Å²) in [6.45, 7) is 1.75. The second kappa shape index (κ2) is 11.2. The molecule has 0 aliphatic carbocycles. The molecule has 0 aliphatic rings. The summed E-state index contributed by atoms with van der Waals surface area (Å²) in [4.78, 5) is 32.0. The monoisotopic (exact) mass is 475 g/mol. The van der Waals surface area contributed by atoms with Gasteiger partial charge in [0.2, 0.25) is 11.8 Å². The molecule has 0 spiro atoms. The third-order valence-electron chi connectivity index (χ3n) is 3.83. The van der Waals surface area contributed by atoms with Crippen molar-refractivity contribution in [1.29, 1.82) is 0 Å². The molecule has 0 radical (unpaired) electrons. The lowest BCUT2D eigenvalue weighted by atomic mass is 10.2. The Morgan fingerprint density at radius 3 is 2.69 bits per heavy atom. The summed E-state index contributed by atoms with van der Waals surface area (Å²) in [6.07, 6.45) is 0.549. The number of carbonyl (C=O) groups excluding carboxylic acids is 1. The number of carboxylic acid groups (broad SMARTS) is 1.